The second kappa shape index (κ2) is 6.17. The minimum atomic E-state index is 0.615. The van der Waals surface area contributed by atoms with Gasteiger partial charge in [-0.25, -0.2) is 4.98 Å². The zero-order valence-corrected chi connectivity index (χ0v) is 13.0. The lowest BCUT2D eigenvalue weighted by atomic mass is 10.1. The van der Waals surface area contributed by atoms with Crippen molar-refractivity contribution in [2.45, 2.75) is 39.0 Å². The van der Waals surface area contributed by atoms with Gasteiger partial charge in [0.05, 0.1) is 10.2 Å². The highest BCUT2D eigenvalue weighted by atomic mass is 79.9. The van der Waals surface area contributed by atoms with Crippen LogP contribution in [-0.2, 0) is 6.42 Å². The van der Waals surface area contributed by atoms with Gasteiger partial charge >= 0.3 is 0 Å². The van der Waals surface area contributed by atoms with E-state index < -0.39 is 0 Å². The Labute approximate surface area is 119 Å². The molecule has 1 heterocycles. The van der Waals surface area contributed by atoms with E-state index in [4.69, 9.17) is 11.6 Å². The van der Waals surface area contributed by atoms with Gasteiger partial charge in [0.15, 0.2) is 4.47 Å². The first kappa shape index (κ1) is 13.3. The zero-order chi connectivity index (χ0) is 12.3. The Hall–Kier alpha value is -0.120. The van der Waals surface area contributed by atoms with Crippen LogP contribution < -0.4 is 0 Å². The van der Waals surface area contributed by atoms with Crippen LogP contribution in [0.25, 0.3) is 10.2 Å². The molecule has 2 rings (SSSR count). The summed E-state index contributed by atoms with van der Waals surface area (Å²) in [5.41, 5.74) is 2.35. The lowest BCUT2D eigenvalue weighted by Gasteiger charge is -2.04. The quantitative estimate of drug-likeness (QED) is 0.627. The van der Waals surface area contributed by atoms with Gasteiger partial charge in [-0.2, -0.15) is 0 Å². The molecule has 2 aromatic rings. The molecule has 0 fully saturated rings. The molecule has 17 heavy (non-hydrogen) atoms. The standard InChI is InChI=1S/C13H15BrClNS/c1-2-3-4-5-6-9-7-8-10-12(11(9)14)16-13(15)17-10/h7-8H,2-6H2,1H3. The Morgan fingerprint density at radius 2 is 2.12 bits per heavy atom. The summed E-state index contributed by atoms with van der Waals surface area (Å²) in [4.78, 5) is 4.35. The number of halogens is 2. The first-order valence-electron chi connectivity index (χ1n) is 5.95. The van der Waals surface area contributed by atoms with E-state index in [0.717, 1.165) is 21.1 Å². The number of aromatic nitrogens is 1. The lowest BCUT2D eigenvalue weighted by molar-refractivity contribution is 0.666. The Morgan fingerprint density at radius 3 is 2.88 bits per heavy atom. The van der Waals surface area contributed by atoms with Gasteiger partial charge in [0.25, 0.3) is 0 Å². The highest BCUT2D eigenvalue weighted by molar-refractivity contribution is 9.10. The molecule has 0 atom stereocenters. The van der Waals surface area contributed by atoms with E-state index in [1.165, 1.54) is 42.6 Å². The molecular weight excluding hydrogens is 318 g/mol. The minimum Gasteiger partial charge on any atom is -0.224 e. The molecule has 1 aromatic carbocycles. The largest absolute Gasteiger partial charge is 0.224 e. The molecule has 0 radical (unpaired) electrons. The van der Waals surface area contributed by atoms with Gasteiger partial charge in [0.2, 0.25) is 0 Å². The van der Waals surface area contributed by atoms with Gasteiger partial charge in [0.1, 0.15) is 0 Å². The predicted octanol–water partition coefficient (Wildman–Crippen LogP) is 5.84. The fraction of sp³-hybridized carbons (Fsp3) is 0.462. The van der Waals surface area contributed by atoms with Crippen molar-refractivity contribution in [2.24, 2.45) is 0 Å². The summed E-state index contributed by atoms with van der Waals surface area (Å²) in [5.74, 6) is 0. The summed E-state index contributed by atoms with van der Waals surface area (Å²) in [5, 5.41) is 0. The summed E-state index contributed by atoms with van der Waals surface area (Å²) in [6.07, 6.45) is 6.27. The van der Waals surface area contributed by atoms with Gasteiger partial charge < -0.3 is 0 Å². The summed E-state index contributed by atoms with van der Waals surface area (Å²) in [6, 6.07) is 4.31. The molecule has 0 aliphatic heterocycles. The third kappa shape index (κ3) is 3.21. The van der Waals surface area contributed by atoms with Crippen LogP contribution in [0.5, 0.6) is 0 Å². The van der Waals surface area contributed by atoms with E-state index >= 15 is 0 Å². The Kier molecular flexibility index (Phi) is 4.83. The van der Waals surface area contributed by atoms with Crippen molar-refractivity contribution in [2.75, 3.05) is 0 Å². The molecule has 0 spiro atoms. The van der Waals surface area contributed by atoms with Crippen LogP contribution in [0.2, 0.25) is 4.47 Å². The van der Waals surface area contributed by atoms with E-state index in [1.54, 1.807) is 0 Å². The molecule has 1 nitrogen and oxygen atoms in total. The number of unbranched alkanes of at least 4 members (excludes halogenated alkanes) is 3. The molecule has 0 N–H and O–H groups in total. The molecule has 0 saturated carbocycles. The fourth-order valence-electron chi connectivity index (χ4n) is 1.91. The number of thiazole rings is 1. The number of hydrogen-bond donors (Lipinski definition) is 0. The Morgan fingerprint density at radius 1 is 1.29 bits per heavy atom. The van der Waals surface area contributed by atoms with E-state index in [9.17, 15) is 0 Å². The summed E-state index contributed by atoms with van der Waals surface area (Å²) in [6.45, 7) is 2.24. The van der Waals surface area contributed by atoms with Crippen molar-refractivity contribution >= 4 is 49.1 Å². The van der Waals surface area contributed by atoms with Crippen LogP contribution in [0.15, 0.2) is 16.6 Å². The summed E-state index contributed by atoms with van der Waals surface area (Å²) < 4.78 is 2.89. The second-order valence-electron chi connectivity index (χ2n) is 4.16. The number of rotatable bonds is 5. The van der Waals surface area contributed by atoms with Gasteiger partial charge in [-0.1, -0.05) is 43.9 Å². The average Bonchev–Trinajstić information content (AvgIpc) is 2.69. The maximum Gasteiger partial charge on any atom is 0.184 e. The van der Waals surface area contributed by atoms with E-state index in [-0.39, 0.29) is 0 Å². The number of benzene rings is 1. The smallest absolute Gasteiger partial charge is 0.184 e. The monoisotopic (exact) mass is 331 g/mol. The fourth-order valence-corrected chi connectivity index (χ4v) is 3.71. The van der Waals surface area contributed by atoms with Crippen LogP contribution in [-0.4, -0.2) is 4.98 Å². The highest BCUT2D eigenvalue weighted by Gasteiger charge is 2.09. The van der Waals surface area contributed by atoms with Crippen molar-refractivity contribution in [3.8, 4) is 0 Å². The Bertz CT molecular complexity index is 509. The van der Waals surface area contributed by atoms with E-state index in [1.807, 2.05) is 0 Å². The van der Waals surface area contributed by atoms with Crippen LogP contribution in [0.1, 0.15) is 38.2 Å². The maximum atomic E-state index is 5.94. The van der Waals surface area contributed by atoms with E-state index in [2.05, 4.69) is 40.0 Å². The molecule has 0 amide bonds. The molecule has 0 bridgehead atoms. The lowest BCUT2D eigenvalue weighted by Crippen LogP contribution is -1.88. The molecule has 0 saturated heterocycles. The molecule has 0 aliphatic carbocycles. The minimum absolute atomic E-state index is 0.615. The summed E-state index contributed by atoms with van der Waals surface area (Å²) >= 11 is 11.1. The van der Waals surface area contributed by atoms with Crippen LogP contribution >= 0.6 is 38.9 Å². The maximum absolute atomic E-state index is 5.94. The molecular formula is C13H15BrClNS. The first-order valence-corrected chi connectivity index (χ1v) is 7.94. The predicted molar refractivity (Wildman–Crippen MR) is 80.2 cm³/mol. The second-order valence-corrected chi connectivity index (χ2v) is 6.57. The summed E-state index contributed by atoms with van der Waals surface area (Å²) in [7, 11) is 0. The first-order chi connectivity index (χ1) is 8.22. The number of hydrogen-bond acceptors (Lipinski definition) is 2. The third-order valence-corrected chi connectivity index (χ3v) is 4.86. The molecule has 0 aliphatic rings. The molecule has 92 valence electrons. The Balaban J connectivity index is 2.15. The topological polar surface area (TPSA) is 12.9 Å². The van der Waals surface area contributed by atoms with Crippen LogP contribution in [0, 0.1) is 0 Å². The van der Waals surface area contributed by atoms with Crippen molar-refractivity contribution in [3.63, 3.8) is 0 Å². The van der Waals surface area contributed by atoms with Crippen molar-refractivity contribution in [1.29, 1.82) is 0 Å². The van der Waals surface area contributed by atoms with Gasteiger partial charge in [-0.3, -0.25) is 0 Å². The zero-order valence-electron chi connectivity index (χ0n) is 9.80. The van der Waals surface area contributed by atoms with Gasteiger partial charge in [0, 0.05) is 4.47 Å². The molecule has 1 aromatic heterocycles. The highest BCUT2D eigenvalue weighted by Crippen LogP contribution is 2.33. The number of fused-ring (bicyclic) bond motifs is 1. The molecule has 4 heteroatoms. The third-order valence-electron chi connectivity index (χ3n) is 2.85. The number of nitrogens with zero attached hydrogens (tertiary/aromatic N) is 1. The normalized spacial score (nSPS) is 11.2. The van der Waals surface area contributed by atoms with Crippen molar-refractivity contribution in [1.82, 2.24) is 4.98 Å². The van der Waals surface area contributed by atoms with Crippen molar-refractivity contribution in [3.05, 3.63) is 26.6 Å². The SMILES string of the molecule is CCCCCCc1ccc2sc(Cl)nc2c1Br. The molecule has 0 unspecified atom stereocenters. The number of aryl methyl sites for hydroxylation is 1. The van der Waals surface area contributed by atoms with Gasteiger partial charge in [-0.15, -0.1) is 11.3 Å². The van der Waals surface area contributed by atoms with Crippen molar-refractivity contribution < 1.29 is 0 Å². The van der Waals surface area contributed by atoms with Gasteiger partial charge in [-0.05, 0) is 40.4 Å². The average molecular weight is 333 g/mol. The van der Waals surface area contributed by atoms with Crippen LogP contribution in [0.3, 0.4) is 0 Å². The van der Waals surface area contributed by atoms with Crippen LogP contribution in [0.4, 0.5) is 0 Å². The van der Waals surface area contributed by atoms with E-state index in [0.29, 0.717) is 4.47 Å².